The highest BCUT2D eigenvalue weighted by atomic mass is 19.1. The molecular formula is C17H25FN4O3. The number of rotatable bonds is 5. The first-order chi connectivity index (χ1) is 11.9. The molecule has 0 aliphatic carbocycles. The van der Waals surface area contributed by atoms with Crippen LogP contribution in [-0.4, -0.2) is 68.1 Å². The molecule has 138 valence electrons. The second-order valence-electron chi connectivity index (χ2n) is 6.01. The Morgan fingerprint density at radius 3 is 2.56 bits per heavy atom. The molecule has 1 aliphatic heterocycles. The minimum absolute atomic E-state index is 0.283. The van der Waals surface area contributed by atoms with Crippen molar-refractivity contribution in [3.05, 3.63) is 29.6 Å². The number of ether oxygens (including phenoxy) is 1. The van der Waals surface area contributed by atoms with Gasteiger partial charge in [-0.15, -0.1) is 0 Å². The molecule has 1 atom stereocenters. The quantitative estimate of drug-likeness (QED) is 0.820. The average molecular weight is 352 g/mol. The number of nitrogens with one attached hydrogen (secondary N) is 2. The van der Waals surface area contributed by atoms with Gasteiger partial charge in [0.15, 0.2) is 0 Å². The standard InChI is InChI=1S/C17H25FN4O3/c1-12(16(23)20-17(24)19-2)22-8-6-21(7-9-22)11-13-10-14(18)4-5-15(13)25-3/h4-5,10,12H,6-9,11H2,1-3H3,(H2,19,20,23,24)/t12-/m1/s1. The van der Waals surface area contributed by atoms with Crippen LogP contribution < -0.4 is 15.4 Å². The van der Waals surface area contributed by atoms with Crippen molar-refractivity contribution < 1.29 is 18.7 Å². The van der Waals surface area contributed by atoms with E-state index in [1.54, 1.807) is 20.1 Å². The first-order valence-electron chi connectivity index (χ1n) is 8.26. The molecule has 25 heavy (non-hydrogen) atoms. The number of imide groups is 1. The number of amides is 3. The summed E-state index contributed by atoms with van der Waals surface area (Å²) in [4.78, 5) is 27.5. The van der Waals surface area contributed by atoms with E-state index in [4.69, 9.17) is 4.74 Å². The Hall–Kier alpha value is -2.19. The fourth-order valence-corrected chi connectivity index (χ4v) is 2.87. The number of piperazine rings is 1. The van der Waals surface area contributed by atoms with Gasteiger partial charge in [-0.05, 0) is 25.1 Å². The number of halogens is 1. The molecule has 1 aromatic rings. The number of hydrogen-bond donors (Lipinski definition) is 2. The zero-order valence-corrected chi connectivity index (χ0v) is 14.8. The number of hydrogen-bond acceptors (Lipinski definition) is 5. The van der Waals surface area contributed by atoms with Gasteiger partial charge in [-0.3, -0.25) is 19.9 Å². The zero-order valence-electron chi connectivity index (χ0n) is 14.8. The molecule has 1 aliphatic rings. The van der Waals surface area contributed by atoms with E-state index in [2.05, 4.69) is 15.5 Å². The SMILES string of the molecule is CNC(=O)NC(=O)[C@@H](C)N1CCN(Cc2cc(F)ccc2OC)CC1. The van der Waals surface area contributed by atoms with E-state index < -0.39 is 6.03 Å². The Morgan fingerprint density at radius 2 is 1.96 bits per heavy atom. The third-order valence-corrected chi connectivity index (χ3v) is 4.43. The van der Waals surface area contributed by atoms with Crippen LogP contribution in [0, 0.1) is 5.82 Å². The van der Waals surface area contributed by atoms with Gasteiger partial charge in [-0.1, -0.05) is 0 Å². The number of nitrogens with zero attached hydrogens (tertiary/aromatic N) is 2. The molecule has 7 nitrogen and oxygen atoms in total. The van der Waals surface area contributed by atoms with E-state index in [0.29, 0.717) is 25.4 Å². The Kier molecular flexibility index (Phi) is 6.72. The van der Waals surface area contributed by atoms with E-state index in [1.165, 1.54) is 19.2 Å². The minimum atomic E-state index is -0.506. The predicted octanol–water partition coefficient (Wildman–Crippen LogP) is 0.796. The molecule has 0 aromatic heterocycles. The van der Waals surface area contributed by atoms with Crippen molar-refractivity contribution in [2.24, 2.45) is 0 Å². The molecule has 0 saturated carbocycles. The summed E-state index contributed by atoms with van der Waals surface area (Å²) in [7, 11) is 3.04. The normalized spacial score (nSPS) is 17.0. The third kappa shape index (κ3) is 5.14. The number of benzene rings is 1. The topological polar surface area (TPSA) is 73.9 Å². The lowest BCUT2D eigenvalue weighted by atomic mass is 10.1. The highest BCUT2D eigenvalue weighted by molar-refractivity contribution is 5.96. The minimum Gasteiger partial charge on any atom is -0.496 e. The molecule has 2 N–H and O–H groups in total. The second kappa shape index (κ2) is 8.77. The molecule has 1 aromatic carbocycles. The van der Waals surface area contributed by atoms with Crippen molar-refractivity contribution in [3.63, 3.8) is 0 Å². The number of carbonyl (C=O) groups excluding carboxylic acids is 2. The smallest absolute Gasteiger partial charge is 0.321 e. The first kappa shape index (κ1) is 19.1. The van der Waals surface area contributed by atoms with E-state index in [0.717, 1.165) is 18.7 Å². The van der Waals surface area contributed by atoms with E-state index >= 15 is 0 Å². The molecule has 8 heteroatoms. The van der Waals surface area contributed by atoms with Gasteiger partial charge in [0.25, 0.3) is 0 Å². The Labute approximate surface area is 147 Å². The summed E-state index contributed by atoms with van der Waals surface area (Å²) in [5, 5.41) is 4.66. The highest BCUT2D eigenvalue weighted by Gasteiger charge is 2.26. The molecule has 0 radical (unpaired) electrons. The van der Waals surface area contributed by atoms with Crippen LogP contribution in [0.4, 0.5) is 9.18 Å². The summed E-state index contributed by atoms with van der Waals surface area (Å²) in [5.41, 5.74) is 0.807. The van der Waals surface area contributed by atoms with Crippen molar-refractivity contribution in [3.8, 4) is 5.75 Å². The van der Waals surface area contributed by atoms with E-state index in [9.17, 15) is 14.0 Å². The van der Waals surface area contributed by atoms with Crippen LogP contribution in [0.2, 0.25) is 0 Å². The largest absolute Gasteiger partial charge is 0.496 e. The lowest BCUT2D eigenvalue weighted by molar-refractivity contribution is -0.125. The lowest BCUT2D eigenvalue weighted by Gasteiger charge is -2.37. The van der Waals surface area contributed by atoms with Crippen LogP contribution in [0.5, 0.6) is 5.75 Å². The third-order valence-electron chi connectivity index (χ3n) is 4.43. The van der Waals surface area contributed by atoms with Gasteiger partial charge in [0, 0.05) is 45.3 Å². The van der Waals surface area contributed by atoms with Crippen molar-refractivity contribution in [2.75, 3.05) is 40.3 Å². The molecule has 0 unspecified atom stereocenters. The predicted molar refractivity (Wildman–Crippen MR) is 91.9 cm³/mol. The molecule has 3 amide bonds. The molecular weight excluding hydrogens is 327 g/mol. The van der Waals surface area contributed by atoms with Crippen LogP contribution in [0.3, 0.4) is 0 Å². The number of carbonyl (C=O) groups is 2. The van der Waals surface area contributed by atoms with Gasteiger partial charge in [-0.2, -0.15) is 0 Å². The molecule has 1 heterocycles. The summed E-state index contributed by atoms with van der Waals surface area (Å²) in [5.74, 6) is 0.0654. The van der Waals surface area contributed by atoms with Crippen LogP contribution in [-0.2, 0) is 11.3 Å². The fraction of sp³-hybridized carbons (Fsp3) is 0.529. The number of methoxy groups -OCH3 is 1. The maximum Gasteiger partial charge on any atom is 0.321 e. The van der Waals surface area contributed by atoms with E-state index in [-0.39, 0.29) is 17.8 Å². The van der Waals surface area contributed by atoms with Crippen molar-refractivity contribution in [2.45, 2.75) is 19.5 Å². The summed E-state index contributed by atoms with van der Waals surface area (Å²) >= 11 is 0. The Bertz CT molecular complexity index is 618. The zero-order chi connectivity index (χ0) is 18.4. The van der Waals surface area contributed by atoms with Crippen LogP contribution in [0.1, 0.15) is 12.5 Å². The molecule has 1 fully saturated rings. The Morgan fingerprint density at radius 1 is 1.28 bits per heavy atom. The molecule has 2 rings (SSSR count). The maximum absolute atomic E-state index is 13.5. The van der Waals surface area contributed by atoms with E-state index in [1.807, 2.05) is 4.90 Å². The van der Waals surface area contributed by atoms with Crippen LogP contribution in [0.15, 0.2) is 18.2 Å². The second-order valence-corrected chi connectivity index (χ2v) is 6.01. The molecule has 1 saturated heterocycles. The van der Waals surface area contributed by atoms with Crippen molar-refractivity contribution in [1.29, 1.82) is 0 Å². The van der Waals surface area contributed by atoms with Gasteiger partial charge in [-0.25, -0.2) is 9.18 Å². The maximum atomic E-state index is 13.5. The van der Waals surface area contributed by atoms with Crippen LogP contribution >= 0.6 is 0 Å². The summed E-state index contributed by atoms with van der Waals surface area (Å²) in [6.45, 7) is 5.26. The van der Waals surface area contributed by atoms with Crippen molar-refractivity contribution in [1.82, 2.24) is 20.4 Å². The summed E-state index contributed by atoms with van der Waals surface area (Å²) in [6, 6.07) is 3.61. The first-order valence-corrected chi connectivity index (χ1v) is 8.26. The molecule has 0 bridgehead atoms. The van der Waals surface area contributed by atoms with Gasteiger partial charge in [0.05, 0.1) is 13.2 Å². The summed E-state index contributed by atoms with van der Waals surface area (Å²) in [6.07, 6.45) is 0. The number of urea groups is 1. The monoisotopic (exact) mass is 352 g/mol. The van der Waals surface area contributed by atoms with Crippen molar-refractivity contribution >= 4 is 11.9 Å². The van der Waals surface area contributed by atoms with Gasteiger partial charge < -0.3 is 10.1 Å². The highest BCUT2D eigenvalue weighted by Crippen LogP contribution is 2.22. The molecule has 0 spiro atoms. The van der Waals surface area contributed by atoms with Gasteiger partial charge >= 0.3 is 6.03 Å². The summed E-state index contributed by atoms with van der Waals surface area (Å²) < 4.78 is 18.8. The van der Waals surface area contributed by atoms with Gasteiger partial charge in [0.1, 0.15) is 11.6 Å². The lowest BCUT2D eigenvalue weighted by Crippen LogP contribution is -2.55. The Balaban J connectivity index is 1.88. The fourth-order valence-electron chi connectivity index (χ4n) is 2.87. The van der Waals surface area contributed by atoms with Gasteiger partial charge in [0.2, 0.25) is 5.91 Å². The average Bonchev–Trinajstić information content (AvgIpc) is 2.61. The van der Waals surface area contributed by atoms with Crippen LogP contribution in [0.25, 0.3) is 0 Å².